The van der Waals surface area contributed by atoms with Gasteiger partial charge < -0.3 is 15.5 Å². The zero-order valence-electron chi connectivity index (χ0n) is 11.5. The number of carbonyl (C=O) groups is 2. The third-order valence-corrected chi connectivity index (χ3v) is 3.16. The first kappa shape index (κ1) is 14.5. The molecule has 0 aromatic heterocycles. The van der Waals surface area contributed by atoms with Gasteiger partial charge >= 0.3 is 0 Å². The van der Waals surface area contributed by atoms with Crippen LogP contribution in [0.1, 0.15) is 23.2 Å². The molecule has 0 heterocycles. The van der Waals surface area contributed by atoms with E-state index in [1.54, 1.807) is 38.4 Å². The summed E-state index contributed by atoms with van der Waals surface area (Å²) in [7, 11) is 3.39. The molecule has 1 aromatic rings. The second kappa shape index (κ2) is 6.00. The molecule has 2 N–H and O–H groups in total. The van der Waals surface area contributed by atoms with Gasteiger partial charge in [-0.3, -0.25) is 9.59 Å². The number of rotatable bonds is 3. The zero-order chi connectivity index (χ0) is 14.7. The largest absolute Gasteiger partial charge is 0.345 e. The Morgan fingerprint density at radius 2 is 2.00 bits per heavy atom. The lowest BCUT2D eigenvalue weighted by Crippen LogP contribution is -2.35. The zero-order valence-corrected chi connectivity index (χ0v) is 12.3. The van der Waals surface area contributed by atoms with Crippen molar-refractivity contribution in [3.05, 3.63) is 29.8 Å². The Morgan fingerprint density at radius 3 is 2.60 bits per heavy atom. The van der Waals surface area contributed by atoms with Gasteiger partial charge in [-0.15, -0.1) is 0 Å². The Hall–Kier alpha value is -1.95. The van der Waals surface area contributed by atoms with Crippen LogP contribution in [0.5, 0.6) is 0 Å². The van der Waals surface area contributed by atoms with Crippen molar-refractivity contribution in [2.24, 2.45) is 5.92 Å². The maximum atomic E-state index is 11.9. The van der Waals surface area contributed by atoms with Gasteiger partial charge in [0.15, 0.2) is 5.11 Å². The van der Waals surface area contributed by atoms with E-state index in [1.807, 2.05) is 0 Å². The molecule has 1 aliphatic carbocycles. The summed E-state index contributed by atoms with van der Waals surface area (Å²) in [6.45, 7) is 0. The van der Waals surface area contributed by atoms with Gasteiger partial charge in [-0.25, -0.2) is 0 Å². The summed E-state index contributed by atoms with van der Waals surface area (Å²) >= 11 is 5.08. The summed E-state index contributed by atoms with van der Waals surface area (Å²) in [5.74, 6) is -0.0130. The van der Waals surface area contributed by atoms with Gasteiger partial charge in [0, 0.05) is 31.3 Å². The topological polar surface area (TPSA) is 61.4 Å². The molecule has 0 saturated heterocycles. The van der Waals surface area contributed by atoms with Crippen LogP contribution >= 0.6 is 12.2 Å². The number of carbonyl (C=O) groups excluding carboxylic acids is 2. The number of anilines is 1. The van der Waals surface area contributed by atoms with Gasteiger partial charge in [-0.1, -0.05) is 6.07 Å². The lowest BCUT2D eigenvalue weighted by Gasteiger charge is -2.13. The maximum Gasteiger partial charge on any atom is 0.253 e. The van der Waals surface area contributed by atoms with Crippen LogP contribution < -0.4 is 10.6 Å². The van der Waals surface area contributed by atoms with E-state index in [1.165, 1.54) is 4.90 Å². The molecular weight excluding hydrogens is 274 g/mol. The lowest BCUT2D eigenvalue weighted by molar-refractivity contribution is -0.120. The predicted molar refractivity (Wildman–Crippen MR) is 81.5 cm³/mol. The molecule has 0 spiro atoms. The summed E-state index contributed by atoms with van der Waals surface area (Å²) in [5.41, 5.74) is 1.25. The quantitative estimate of drug-likeness (QED) is 0.831. The van der Waals surface area contributed by atoms with E-state index in [4.69, 9.17) is 12.2 Å². The highest BCUT2D eigenvalue weighted by Gasteiger charge is 2.30. The van der Waals surface area contributed by atoms with Crippen LogP contribution in [0.15, 0.2) is 24.3 Å². The molecule has 6 heteroatoms. The molecule has 2 amide bonds. The molecule has 0 radical (unpaired) electrons. The Morgan fingerprint density at radius 1 is 1.30 bits per heavy atom. The first-order valence-electron chi connectivity index (χ1n) is 6.41. The van der Waals surface area contributed by atoms with Crippen LogP contribution in [0.4, 0.5) is 5.69 Å². The van der Waals surface area contributed by atoms with Gasteiger partial charge in [0.2, 0.25) is 5.91 Å². The van der Waals surface area contributed by atoms with Gasteiger partial charge in [0.25, 0.3) is 5.91 Å². The molecule has 106 valence electrons. The molecule has 1 fully saturated rings. The second-order valence-electron chi connectivity index (χ2n) is 5.00. The molecular formula is C14H17N3O2S. The van der Waals surface area contributed by atoms with Crippen LogP contribution in [-0.2, 0) is 4.79 Å². The van der Waals surface area contributed by atoms with Crippen molar-refractivity contribution < 1.29 is 9.59 Å². The smallest absolute Gasteiger partial charge is 0.253 e. The van der Waals surface area contributed by atoms with Crippen LogP contribution in [0, 0.1) is 5.92 Å². The Labute approximate surface area is 123 Å². The standard InChI is InChI=1S/C14H17N3O2S/c1-17(2)13(19)10-4-3-5-11(8-10)15-14(20)16-12(18)9-6-7-9/h3-5,8-9H,6-7H2,1-2H3,(H2,15,16,18,20). The number of thiocarbonyl (C=S) groups is 1. The van der Waals surface area contributed by atoms with E-state index < -0.39 is 0 Å². The maximum absolute atomic E-state index is 11.9. The third-order valence-electron chi connectivity index (χ3n) is 2.96. The minimum Gasteiger partial charge on any atom is -0.345 e. The molecule has 2 rings (SSSR count). The molecule has 20 heavy (non-hydrogen) atoms. The highest BCUT2D eigenvalue weighted by atomic mass is 32.1. The number of hydrogen-bond donors (Lipinski definition) is 2. The molecule has 0 unspecified atom stereocenters. The fraction of sp³-hybridized carbons (Fsp3) is 0.357. The SMILES string of the molecule is CN(C)C(=O)c1cccc(NC(=S)NC(=O)C2CC2)c1. The van der Waals surface area contributed by atoms with Gasteiger partial charge in [0.1, 0.15) is 0 Å². The number of amides is 2. The summed E-state index contributed by atoms with van der Waals surface area (Å²) < 4.78 is 0. The van der Waals surface area contributed by atoms with Crippen LogP contribution in [0.3, 0.4) is 0 Å². The Kier molecular flexibility index (Phi) is 4.34. The molecule has 0 aliphatic heterocycles. The van der Waals surface area contributed by atoms with Crippen molar-refractivity contribution in [1.29, 1.82) is 0 Å². The number of benzene rings is 1. The summed E-state index contributed by atoms with van der Waals surface area (Å²) in [5, 5.41) is 5.83. The minimum absolute atomic E-state index is 0.0389. The van der Waals surface area contributed by atoms with Crippen LogP contribution in [0.2, 0.25) is 0 Å². The molecule has 0 atom stereocenters. The molecule has 1 aliphatic rings. The fourth-order valence-electron chi connectivity index (χ4n) is 1.71. The van der Waals surface area contributed by atoms with Crippen LogP contribution in [-0.4, -0.2) is 35.9 Å². The van der Waals surface area contributed by atoms with Crippen LogP contribution in [0.25, 0.3) is 0 Å². The third kappa shape index (κ3) is 3.77. The van der Waals surface area contributed by atoms with Crippen molar-refractivity contribution in [3.63, 3.8) is 0 Å². The minimum atomic E-state index is -0.0819. The van der Waals surface area contributed by atoms with E-state index in [2.05, 4.69) is 10.6 Å². The van der Waals surface area contributed by atoms with Crippen molar-refractivity contribution in [2.75, 3.05) is 19.4 Å². The monoisotopic (exact) mass is 291 g/mol. The highest BCUT2D eigenvalue weighted by molar-refractivity contribution is 7.80. The summed E-state index contributed by atoms with van der Waals surface area (Å²) in [6.07, 6.45) is 1.86. The second-order valence-corrected chi connectivity index (χ2v) is 5.41. The van der Waals surface area contributed by atoms with E-state index in [9.17, 15) is 9.59 Å². The first-order valence-corrected chi connectivity index (χ1v) is 6.82. The molecule has 0 bridgehead atoms. The van der Waals surface area contributed by atoms with E-state index in [-0.39, 0.29) is 22.8 Å². The van der Waals surface area contributed by atoms with E-state index in [0.717, 1.165) is 12.8 Å². The Bertz CT molecular complexity index is 553. The van der Waals surface area contributed by atoms with Crippen molar-refractivity contribution in [1.82, 2.24) is 10.2 Å². The van der Waals surface area contributed by atoms with Gasteiger partial charge in [-0.05, 0) is 43.3 Å². The predicted octanol–water partition coefficient (Wildman–Crippen LogP) is 1.61. The van der Waals surface area contributed by atoms with Crippen molar-refractivity contribution >= 4 is 34.8 Å². The Balaban J connectivity index is 1.98. The normalized spacial score (nSPS) is 13.5. The molecule has 1 saturated carbocycles. The number of nitrogens with one attached hydrogen (secondary N) is 2. The number of nitrogens with zero attached hydrogens (tertiary/aromatic N) is 1. The van der Waals surface area contributed by atoms with E-state index in [0.29, 0.717) is 11.3 Å². The number of hydrogen-bond acceptors (Lipinski definition) is 3. The summed E-state index contributed by atoms with van der Waals surface area (Å²) in [4.78, 5) is 24.9. The summed E-state index contributed by atoms with van der Waals surface area (Å²) in [6, 6.07) is 7.00. The molecule has 1 aromatic carbocycles. The van der Waals surface area contributed by atoms with Crippen molar-refractivity contribution in [3.8, 4) is 0 Å². The van der Waals surface area contributed by atoms with Gasteiger partial charge in [-0.2, -0.15) is 0 Å². The average Bonchev–Trinajstić information content (AvgIpc) is 3.22. The van der Waals surface area contributed by atoms with Gasteiger partial charge in [0.05, 0.1) is 0 Å². The first-order chi connectivity index (χ1) is 9.47. The lowest BCUT2D eigenvalue weighted by atomic mass is 10.2. The highest BCUT2D eigenvalue weighted by Crippen LogP contribution is 2.28. The fourth-order valence-corrected chi connectivity index (χ4v) is 1.93. The van der Waals surface area contributed by atoms with Crippen molar-refractivity contribution in [2.45, 2.75) is 12.8 Å². The molecule has 5 nitrogen and oxygen atoms in total. The van der Waals surface area contributed by atoms with E-state index >= 15 is 0 Å². The average molecular weight is 291 g/mol.